The normalized spacial score (nSPS) is 12.5. The summed E-state index contributed by atoms with van der Waals surface area (Å²) in [5.41, 5.74) is -0.542. The minimum atomic E-state index is -2.17. The van der Waals surface area contributed by atoms with Crippen LogP contribution in [0.1, 0.15) is 17.2 Å². The van der Waals surface area contributed by atoms with Crippen molar-refractivity contribution in [1.29, 1.82) is 0 Å². The molecule has 1 unspecified atom stereocenters. The van der Waals surface area contributed by atoms with Gasteiger partial charge in [-0.05, 0) is 24.7 Å². The van der Waals surface area contributed by atoms with E-state index in [1.807, 2.05) is 0 Å². The van der Waals surface area contributed by atoms with Crippen LogP contribution < -0.4 is 5.32 Å². The fourth-order valence-corrected chi connectivity index (χ4v) is 2.27. The lowest BCUT2D eigenvalue weighted by atomic mass is 9.97. The lowest BCUT2D eigenvalue weighted by Gasteiger charge is -2.19. The smallest absolute Gasteiger partial charge is 0.200 e. The van der Waals surface area contributed by atoms with E-state index >= 15 is 0 Å². The number of halogens is 6. The molecule has 0 aliphatic heterocycles. The summed E-state index contributed by atoms with van der Waals surface area (Å²) >= 11 is 3.20. The average Bonchev–Trinajstić information content (AvgIpc) is 2.49. The van der Waals surface area contributed by atoms with E-state index < -0.39 is 40.7 Å². The fraction of sp³-hybridized carbons (Fsp3) is 0.143. The molecule has 0 fully saturated rings. The molecule has 0 radical (unpaired) electrons. The van der Waals surface area contributed by atoms with E-state index in [1.165, 1.54) is 19.2 Å². The molecule has 0 aliphatic carbocycles. The van der Waals surface area contributed by atoms with Gasteiger partial charge < -0.3 is 5.32 Å². The van der Waals surface area contributed by atoms with Crippen molar-refractivity contribution in [3.8, 4) is 0 Å². The fourth-order valence-electron chi connectivity index (χ4n) is 2.01. The molecule has 2 aromatic rings. The molecule has 1 nitrogen and oxygen atoms in total. The summed E-state index contributed by atoms with van der Waals surface area (Å²) in [7, 11) is 1.37. The van der Waals surface area contributed by atoms with Gasteiger partial charge >= 0.3 is 0 Å². The number of hydrogen-bond acceptors (Lipinski definition) is 1. The van der Waals surface area contributed by atoms with E-state index in [0.717, 1.165) is 4.47 Å². The highest BCUT2D eigenvalue weighted by Gasteiger charge is 2.30. The van der Waals surface area contributed by atoms with Crippen LogP contribution >= 0.6 is 15.9 Å². The number of benzene rings is 2. The van der Waals surface area contributed by atoms with Gasteiger partial charge in [0.2, 0.25) is 5.82 Å². The maximum atomic E-state index is 13.8. The van der Waals surface area contributed by atoms with Gasteiger partial charge in [-0.25, -0.2) is 22.0 Å². The molecule has 2 aromatic carbocycles. The topological polar surface area (TPSA) is 12.0 Å². The van der Waals surface area contributed by atoms with Crippen molar-refractivity contribution in [2.75, 3.05) is 7.05 Å². The van der Waals surface area contributed by atoms with Crippen LogP contribution in [0.2, 0.25) is 0 Å². The predicted octanol–water partition coefficient (Wildman–Crippen LogP) is 4.45. The molecule has 0 amide bonds. The van der Waals surface area contributed by atoms with Crippen molar-refractivity contribution in [3.63, 3.8) is 0 Å². The van der Waals surface area contributed by atoms with Crippen LogP contribution in [-0.2, 0) is 0 Å². The van der Waals surface area contributed by atoms with Gasteiger partial charge in [-0.15, -0.1) is 0 Å². The van der Waals surface area contributed by atoms with Crippen molar-refractivity contribution in [2.24, 2.45) is 0 Å². The first kappa shape index (κ1) is 15.9. The zero-order valence-corrected chi connectivity index (χ0v) is 12.2. The number of nitrogens with one attached hydrogen (secondary N) is 1. The highest BCUT2D eigenvalue weighted by molar-refractivity contribution is 9.10. The summed E-state index contributed by atoms with van der Waals surface area (Å²) in [6, 6.07) is 5.08. The van der Waals surface area contributed by atoms with Crippen LogP contribution in [0.5, 0.6) is 0 Å². The lowest BCUT2D eigenvalue weighted by molar-refractivity contribution is 0.364. The number of hydrogen-bond donors (Lipinski definition) is 1. The summed E-state index contributed by atoms with van der Waals surface area (Å²) in [6.45, 7) is 0. The Balaban J connectivity index is 2.65. The SMILES string of the molecule is CNC(c1ccc(Br)cc1)c1c(F)c(F)c(F)c(F)c1F. The van der Waals surface area contributed by atoms with Gasteiger partial charge in [-0.3, -0.25) is 0 Å². The standard InChI is InChI=1S/C14H9BrF5N/c1-21-14(6-2-4-7(15)5-3-6)8-9(16)11(18)13(20)12(19)10(8)17/h2-5,14,21H,1H3. The Labute approximate surface area is 125 Å². The maximum absolute atomic E-state index is 13.8. The van der Waals surface area contributed by atoms with E-state index in [2.05, 4.69) is 21.2 Å². The summed E-state index contributed by atoms with van der Waals surface area (Å²) in [5, 5.41) is 2.56. The number of rotatable bonds is 3. The molecule has 112 valence electrons. The second-order valence-corrected chi connectivity index (χ2v) is 5.17. The molecule has 21 heavy (non-hydrogen) atoms. The maximum Gasteiger partial charge on any atom is 0.200 e. The third kappa shape index (κ3) is 2.80. The van der Waals surface area contributed by atoms with Gasteiger partial charge in [0, 0.05) is 4.47 Å². The average molecular weight is 366 g/mol. The van der Waals surface area contributed by atoms with E-state index in [-0.39, 0.29) is 0 Å². The van der Waals surface area contributed by atoms with Crippen molar-refractivity contribution >= 4 is 15.9 Å². The highest BCUT2D eigenvalue weighted by Crippen LogP contribution is 2.31. The van der Waals surface area contributed by atoms with Gasteiger partial charge in [0.15, 0.2) is 23.3 Å². The highest BCUT2D eigenvalue weighted by atomic mass is 79.9. The van der Waals surface area contributed by atoms with E-state index in [1.54, 1.807) is 12.1 Å². The quantitative estimate of drug-likeness (QED) is 0.481. The Morgan fingerprint density at radius 3 is 1.67 bits per heavy atom. The van der Waals surface area contributed by atoms with Gasteiger partial charge in [0.25, 0.3) is 0 Å². The zero-order valence-electron chi connectivity index (χ0n) is 10.7. The van der Waals surface area contributed by atoms with Crippen LogP contribution in [0.25, 0.3) is 0 Å². The molecule has 0 bridgehead atoms. The van der Waals surface area contributed by atoms with E-state index in [4.69, 9.17) is 0 Å². The van der Waals surface area contributed by atoms with Crippen LogP contribution in [0.4, 0.5) is 22.0 Å². The largest absolute Gasteiger partial charge is 0.309 e. The van der Waals surface area contributed by atoms with Gasteiger partial charge in [-0.2, -0.15) is 0 Å². The Morgan fingerprint density at radius 2 is 1.24 bits per heavy atom. The summed E-state index contributed by atoms with van der Waals surface area (Å²) in [6.07, 6.45) is 0. The molecule has 0 saturated carbocycles. The molecule has 2 rings (SSSR count). The van der Waals surface area contributed by atoms with Crippen molar-refractivity contribution in [1.82, 2.24) is 5.32 Å². The Morgan fingerprint density at radius 1 is 0.810 bits per heavy atom. The molecule has 0 saturated heterocycles. The molecular formula is C14H9BrF5N. The second kappa shape index (κ2) is 6.11. The van der Waals surface area contributed by atoms with Gasteiger partial charge in [0.1, 0.15) is 0 Å². The monoisotopic (exact) mass is 365 g/mol. The predicted molar refractivity (Wildman–Crippen MR) is 71.3 cm³/mol. The lowest BCUT2D eigenvalue weighted by Crippen LogP contribution is -2.22. The first-order valence-corrected chi connectivity index (χ1v) is 6.61. The van der Waals surface area contributed by atoms with Crippen molar-refractivity contribution in [2.45, 2.75) is 6.04 Å². The zero-order chi connectivity index (χ0) is 15.7. The molecule has 7 heteroatoms. The second-order valence-electron chi connectivity index (χ2n) is 4.26. The molecule has 1 N–H and O–H groups in total. The molecule has 1 atom stereocenters. The summed E-state index contributed by atoms with van der Waals surface area (Å²) in [5.74, 6) is -9.76. The van der Waals surface area contributed by atoms with Crippen LogP contribution in [0, 0.1) is 29.1 Å². The Kier molecular flexibility index (Phi) is 4.63. The van der Waals surface area contributed by atoms with Gasteiger partial charge in [-0.1, -0.05) is 28.1 Å². The first-order chi connectivity index (χ1) is 9.88. The van der Waals surface area contributed by atoms with Crippen LogP contribution in [-0.4, -0.2) is 7.05 Å². The summed E-state index contributed by atoms with van der Waals surface area (Å²) in [4.78, 5) is 0. The minimum Gasteiger partial charge on any atom is -0.309 e. The van der Waals surface area contributed by atoms with Crippen LogP contribution in [0.15, 0.2) is 28.7 Å². The third-order valence-electron chi connectivity index (χ3n) is 3.02. The summed E-state index contributed by atoms with van der Waals surface area (Å²) < 4.78 is 68.0. The van der Waals surface area contributed by atoms with Crippen LogP contribution in [0.3, 0.4) is 0 Å². The van der Waals surface area contributed by atoms with Crippen molar-refractivity contribution < 1.29 is 22.0 Å². The van der Waals surface area contributed by atoms with Crippen molar-refractivity contribution in [3.05, 3.63) is 69.0 Å². The minimum absolute atomic E-state index is 0.365. The molecule has 0 heterocycles. The Hall–Kier alpha value is -1.47. The van der Waals surface area contributed by atoms with Gasteiger partial charge in [0.05, 0.1) is 11.6 Å². The Bertz CT molecular complexity index is 643. The van der Waals surface area contributed by atoms with E-state index in [9.17, 15) is 22.0 Å². The molecular weight excluding hydrogens is 357 g/mol. The van der Waals surface area contributed by atoms with E-state index in [0.29, 0.717) is 5.56 Å². The molecule has 0 aromatic heterocycles. The molecule has 0 aliphatic rings. The third-order valence-corrected chi connectivity index (χ3v) is 3.55. The first-order valence-electron chi connectivity index (χ1n) is 5.82. The molecule has 0 spiro atoms.